The van der Waals surface area contributed by atoms with Crippen molar-refractivity contribution in [2.45, 2.75) is 0 Å². The summed E-state index contributed by atoms with van der Waals surface area (Å²) in [5.41, 5.74) is 4.96. The average Bonchev–Trinajstić information content (AvgIpc) is 2.81. The van der Waals surface area contributed by atoms with Gasteiger partial charge in [-0.3, -0.25) is 4.79 Å². The van der Waals surface area contributed by atoms with E-state index in [0.717, 1.165) is 24.3 Å². The Morgan fingerprint density at radius 1 is 1.12 bits per heavy atom. The van der Waals surface area contributed by atoms with E-state index in [-0.39, 0.29) is 27.2 Å². The normalized spacial score (nSPS) is 10.8. The highest BCUT2D eigenvalue weighted by Crippen LogP contribution is 2.33. The van der Waals surface area contributed by atoms with Gasteiger partial charge < -0.3 is 16.2 Å². The van der Waals surface area contributed by atoms with Crippen LogP contribution in [0.15, 0.2) is 36.4 Å². The van der Waals surface area contributed by atoms with Gasteiger partial charge in [0.25, 0.3) is 5.91 Å². The van der Waals surface area contributed by atoms with Crippen molar-refractivity contribution < 1.29 is 23.5 Å². The predicted molar refractivity (Wildman–Crippen MR) is 87.9 cm³/mol. The monoisotopic (exact) mass is 365 g/mol. The molecule has 25 heavy (non-hydrogen) atoms. The maximum Gasteiger partial charge on any atom is 0.326 e. The largest absolute Gasteiger partial charge is 0.494 e. The molecule has 128 valence electrons. The molecule has 0 fully saturated rings. The van der Waals surface area contributed by atoms with E-state index in [9.17, 15) is 23.5 Å². The van der Waals surface area contributed by atoms with Crippen LogP contribution in [0, 0.1) is 11.6 Å². The van der Waals surface area contributed by atoms with E-state index in [1.807, 2.05) is 0 Å². The Bertz CT molecular complexity index is 1030. The lowest BCUT2D eigenvalue weighted by Gasteiger charge is -2.07. The van der Waals surface area contributed by atoms with Gasteiger partial charge in [-0.2, -0.15) is 0 Å². The Morgan fingerprint density at radius 3 is 2.40 bits per heavy atom. The average molecular weight is 366 g/mol. The van der Waals surface area contributed by atoms with Gasteiger partial charge in [-0.15, -0.1) is 0 Å². The number of carbonyl (C=O) groups excluding carboxylic acids is 2. The second-order valence-electron chi connectivity index (χ2n) is 5.11. The van der Waals surface area contributed by atoms with Gasteiger partial charge in [0.15, 0.2) is 0 Å². The van der Waals surface area contributed by atoms with Crippen molar-refractivity contribution in [3.8, 4) is 5.88 Å². The van der Waals surface area contributed by atoms with E-state index in [1.54, 1.807) is 0 Å². The second-order valence-corrected chi connectivity index (χ2v) is 5.52. The zero-order valence-corrected chi connectivity index (χ0v) is 13.1. The fourth-order valence-corrected chi connectivity index (χ4v) is 2.69. The van der Waals surface area contributed by atoms with Gasteiger partial charge in [-0.05, 0) is 36.4 Å². The number of hydrogen-bond acceptors (Lipinski definition) is 3. The van der Waals surface area contributed by atoms with Crippen molar-refractivity contribution in [2.24, 2.45) is 5.73 Å². The van der Waals surface area contributed by atoms with Crippen LogP contribution in [-0.4, -0.2) is 21.6 Å². The molecule has 0 aliphatic rings. The number of fused-ring (bicyclic) bond motifs is 1. The molecule has 0 unspecified atom stereocenters. The number of nitrogens with one attached hydrogen (secondary N) is 1. The summed E-state index contributed by atoms with van der Waals surface area (Å²) in [6.07, 6.45) is 0. The number of primary amides is 1. The molecule has 3 rings (SSSR count). The summed E-state index contributed by atoms with van der Waals surface area (Å²) in [6.45, 7) is 0. The molecule has 1 heterocycles. The molecular weight excluding hydrogens is 356 g/mol. The Hall–Kier alpha value is -3.13. The number of benzene rings is 2. The molecule has 3 aromatic rings. The number of aromatic hydroxyl groups is 1. The first-order valence-corrected chi connectivity index (χ1v) is 7.26. The van der Waals surface area contributed by atoms with Crippen LogP contribution in [0.5, 0.6) is 5.88 Å². The fraction of sp³-hybridized carbons (Fsp3) is 0. The van der Waals surface area contributed by atoms with Gasteiger partial charge in [0.05, 0.1) is 16.2 Å². The molecule has 0 aliphatic carbocycles. The third-order valence-corrected chi connectivity index (χ3v) is 3.84. The highest BCUT2D eigenvalue weighted by molar-refractivity contribution is 6.34. The van der Waals surface area contributed by atoms with Gasteiger partial charge in [-0.25, -0.2) is 18.1 Å². The second kappa shape index (κ2) is 6.06. The molecule has 6 nitrogen and oxygen atoms in total. The highest BCUT2D eigenvalue weighted by atomic mass is 35.5. The van der Waals surface area contributed by atoms with Crippen molar-refractivity contribution in [1.29, 1.82) is 0 Å². The minimum Gasteiger partial charge on any atom is -0.494 e. The van der Waals surface area contributed by atoms with Crippen LogP contribution >= 0.6 is 11.6 Å². The number of nitrogens with two attached hydrogens (primary N) is 1. The minimum atomic E-state index is -1.05. The third kappa shape index (κ3) is 2.87. The van der Waals surface area contributed by atoms with E-state index < -0.39 is 29.5 Å². The first-order chi connectivity index (χ1) is 11.8. The zero-order valence-electron chi connectivity index (χ0n) is 12.4. The van der Waals surface area contributed by atoms with Crippen molar-refractivity contribution in [2.75, 3.05) is 5.32 Å². The van der Waals surface area contributed by atoms with Crippen molar-refractivity contribution in [3.63, 3.8) is 0 Å². The third-order valence-electron chi connectivity index (χ3n) is 3.53. The first kappa shape index (κ1) is 16.7. The maximum absolute atomic E-state index is 13.6. The quantitative estimate of drug-likeness (QED) is 0.648. The lowest BCUT2D eigenvalue weighted by atomic mass is 10.1. The summed E-state index contributed by atoms with van der Waals surface area (Å²) >= 11 is 5.84. The predicted octanol–water partition coefficient (Wildman–Crippen LogP) is 3.46. The Kier molecular flexibility index (Phi) is 4.05. The number of carbonyl (C=O) groups is 2. The molecule has 2 amide bonds. The SMILES string of the molecule is NC(=O)n1c(O)c(C(=O)Nc2ccc(F)cc2Cl)c2cc(F)ccc21. The van der Waals surface area contributed by atoms with Crippen LogP contribution < -0.4 is 11.1 Å². The lowest BCUT2D eigenvalue weighted by molar-refractivity contribution is 0.102. The van der Waals surface area contributed by atoms with Crippen LogP contribution in [0.25, 0.3) is 10.9 Å². The summed E-state index contributed by atoms with van der Waals surface area (Å²) in [5, 5.41) is 12.5. The van der Waals surface area contributed by atoms with Gasteiger partial charge >= 0.3 is 6.03 Å². The van der Waals surface area contributed by atoms with E-state index in [1.165, 1.54) is 12.1 Å². The number of amides is 2. The van der Waals surface area contributed by atoms with Gasteiger partial charge in [-0.1, -0.05) is 11.6 Å². The number of rotatable bonds is 2. The molecule has 0 atom stereocenters. The molecule has 0 saturated heterocycles. The van der Waals surface area contributed by atoms with Crippen LogP contribution in [-0.2, 0) is 0 Å². The van der Waals surface area contributed by atoms with E-state index >= 15 is 0 Å². The van der Waals surface area contributed by atoms with Gasteiger partial charge in [0.2, 0.25) is 5.88 Å². The Morgan fingerprint density at radius 2 is 1.76 bits per heavy atom. The fourth-order valence-electron chi connectivity index (χ4n) is 2.47. The lowest BCUT2D eigenvalue weighted by Crippen LogP contribution is -2.19. The highest BCUT2D eigenvalue weighted by Gasteiger charge is 2.25. The van der Waals surface area contributed by atoms with Crippen LogP contribution in [0.4, 0.5) is 19.3 Å². The Labute approximate surface area is 144 Å². The van der Waals surface area contributed by atoms with E-state index in [4.69, 9.17) is 17.3 Å². The molecule has 0 aliphatic heterocycles. The molecule has 9 heteroatoms. The molecule has 1 aromatic heterocycles. The summed E-state index contributed by atoms with van der Waals surface area (Å²) in [5.74, 6) is -2.90. The summed E-state index contributed by atoms with van der Waals surface area (Å²) in [7, 11) is 0. The number of nitrogens with zero attached hydrogens (tertiary/aromatic N) is 1. The topological polar surface area (TPSA) is 97.3 Å². The van der Waals surface area contributed by atoms with E-state index in [0.29, 0.717) is 4.57 Å². The minimum absolute atomic E-state index is 0.0213. The van der Waals surface area contributed by atoms with Crippen molar-refractivity contribution >= 4 is 40.1 Å². The summed E-state index contributed by atoms with van der Waals surface area (Å²) < 4.78 is 27.3. The Balaban J connectivity index is 2.14. The van der Waals surface area contributed by atoms with E-state index in [2.05, 4.69) is 5.32 Å². The summed E-state index contributed by atoms with van der Waals surface area (Å²) in [6, 6.07) is 5.48. The molecule has 0 saturated carbocycles. The first-order valence-electron chi connectivity index (χ1n) is 6.88. The van der Waals surface area contributed by atoms with Crippen LogP contribution in [0.1, 0.15) is 10.4 Å². The van der Waals surface area contributed by atoms with Gasteiger partial charge in [0, 0.05) is 5.39 Å². The standard InChI is InChI=1S/C16H10ClF2N3O3/c17-10-6-8(19)1-3-11(10)21-14(23)13-9-5-7(18)2-4-12(9)22(15(13)24)16(20)25/h1-6,24H,(H2,20,25)(H,21,23). The number of hydrogen-bond donors (Lipinski definition) is 3. The molecule has 0 bridgehead atoms. The smallest absolute Gasteiger partial charge is 0.326 e. The molecule has 0 spiro atoms. The number of anilines is 1. The molecule has 4 N–H and O–H groups in total. The van der Waals surface area contributed by atoms with Crippen LogP contribution in [0.3, 0.4) is 0 Å². The molecular formula is C16H10ClF2N3O3. The van der Waals surface area contributed by atoms with Crippen molar-refractivity contribution in [3.05, 3.63) is 58.6 Å². The van der Waals surface area contributed by atoms with Crippen LogP contribution in [0.2, 0.25) is 5.02 Å². The maximum atomic E-state index is 13.6. The molecule has 2 aromatic carbocycles. The van der Waals surface area contributed by atoms with Gasteiger partial charge in [0.1, 0.15) is 17.2 Å². The summed E-state index contributed by atoms with van der Waals surface area (Å²) in [4.78, 5) is 24.1. The zero-order chi connectivity index (χ0) is 18.3. The number of aromatic nitrogens is 1. The molecule has 0 radical (unpaired) electrons. The number of halogens is 3. The van der Waals surface area contributed by atoms with Crippen molar-refractivity contribution in [1.82, 2.24) is 4.57 Å².